The van der Waals surface area contributed by atoms with Gasteiger partial charge in [0.05, 0.1) is 0 Å². The molecule has 7 heavy (non-hydrogen) atoms. The Hall–Kier alpha value is 0.528. The van der Waals surface area contributed by atoms with Crippen molar-refractivity contribution in [2.75, 3.05) is 6.07 Å². The van der Waals surface area contributed by atoms with Gasteiger partial charge in [0.25, 0.3) is 0 Å². The molecule has 0 atom stereocenters. The average Bonchev–Trinajstić information content (AvgIpc) is 1.30. The Kier molecular flexibility index (Phi) is 2.95. The number of hydrogen-bond acceptors (Lipinski definition) is 2. The standard InChI is InChI=1S/CH4AsClO4/c3-1-7-2(4,5)6/h1H2,(H2,4,5,6). The molecule has 0 fully saturated rings. The molecule has 0 aliphatic rings. The molecule has 0 bridgehead atoms. The summed E-state index contributed by atoms with van der Waals surface area (Å²) in [5, 5.41) is 0. The Bertz CT molecular complexity index is 85.7. The SMILES string of the molecule is O=[As](O)(O)OCCl. The third-order valence-corrected chi connectivity index (χ3v) is 1.63. The molecule has 0 heterocycles. The summed E-state index contributed by atoms with van der Waals surface area (Å²) in [7, 11) is 0. The zero-order valence-electron chi connectivity index (χ0n) is 3.24. The fraction of sp³-hybridized carbons (Fsp3) is 1.00. The van der Waals surface area contributed by atoms with Gasteiger partial charge in [-0.25, -0.2) is 0 Å². The van der Waals surface area contributed by atoms with Crippen molar-refractivity contribution in [3.05, 3.63) is 0 Å². The van der Waals surface area contributed by atoms with E-state index in [1.165, 1.54) is 0 Å². The van der Waals surface area contributed by atoms with Gasteiger partial charge in [0.1, 0.15) is 0 Å². The van der Waals surface area contributed by atoms with Crippen LogP contribution in [0.15, 0.2) is 0 Å². The van der Waals surface area contributed by atoms with E-state index in [0.717, 1.165) is 0 Å². The summed E-state index contributed by atoms with van der Waals surface area (Å²) in [5.41, 5.74) is 0. The Morgan fingerprint density at radius 1 is 1.71 bits per heavy atom. The average molecular weight is 190 g/mol. The van der Waals surface area contributed by atoms with Gasteiger partial charge in [0.2, 0.25) is 0 Å². The second kappa shape index (κ2) is 2.74. The van der Waals surface area contributed by atoms with Gasteiger partial charge in [-0.15, -0.1) is 0 Å². The molecule has 4 nitrogen and oxygen atoms in total. The summed E-state index contributed by atoms with van der Waals surface area (Å²) in [6.45, 7) is 0. The van der Waals surface area contributed by atoms with Gasteiger partial charge in [-0.2, -0.15) is 0 Å². The molecule has 0 radical (unpaired) electrons. The monoisotopic (exact) mass is 190 g/mol. The van der Waals surface area contributed by atoms with Crippen LogP contribution in [0.4, 0.5) is 0 Å². The maximum absolute atomic E-state index is 9.68. The third kappa shape index (κ3) is 6.53. The van der Waals surface area contributed by atoms with E-state index in [0.29, 0.717) is 0 Å². The van der Waals surface area contributed by atoms with E-state index < -0.39 is 20.6 Å². The van der Waals surface area contributed by atoms with E-state index in [-0.39, 0.29) is 0 Å². The molecule has 0 aliphatic carbocycles. The van der Waals surface area contributed by atoms with Crippen LogP contribution in [-0.4, -0.2) is 28.8 Å². The van der Waals surface area contributed by atoms with E-state index in [2.05, 4.69) is 3.73 Å². The molecule has 2 N–H and O–H groups in total. The van der Waals surface area contributed by atoms with Crippen LogP contribution in [0.1, 0.15) is 0 Å². The van der Waals surface area contributed by atoms with Gasteiger partial charge in [-0.05, 0) is 0 Å². The predicted octanol–water partition coefficient (Wildman–Crippen LogP) is -0.950. The molecule has 0 amide bonds. The molecule has 44 valence electrons. The van der Waals surface area contributed by atoms with Crippen LogP contribution in [0.3, 0.4) is 0 Å². The van der Waals surface area contributed by atoms with E-state index >= 15 is 0 Å². The molecule has 0 aliphatic heterocycles. The number of halogens is 1. The van der Waals surface area contributed by atoms with Crippen molar-refractivity contribution in [2.24, 2.45) is 0 Å². The normalized spacial score (nSPS) is 11.9. The van der Waals surface area contributed by atoms with E-state index in [1.807, 2.05) is 0 Å². The number of rotatable bonds is 2. The van der Waals surface area contributed by atoms with Gasteiger partial charge in [-0.1, -0.05) is 0 Å². The number of alkyl halides is 1. The Balaban J connectivity index is 3.36. The van der Waals surface area contributed by atoms with Crippen LogP contribution < -0.4 is 0 Å². The molecule has 0 rings (SSSR count). The Morgan fingerprint density at radius 3 is 2.14 bits per heavy atom. The molecular weight excluding hydrogens is 186 g/mol. The first-order valence-corrected chi connectivity index (χ1v) is 5.07. The molecule has 0 aromatic rings. The van der Waals surface area contributed by atoms with Crippen LogP contribution in [0, 0.1) is 0 Å². The third-order valence-electron chi connectivity index (χ3n) is 0.217. The van der Waals surface area contributed by atoms with Gasteiger partial charge < -0.3 is 0 Å². The first-order chi connectivity index (χ1) is 3.06. The second-order valence-corrected chi connectivity index (χ2v) is 3.55. The molecule has 0 saturated carbocycles. The van der Waals surface area contributed by atoms with Gasteiger partial charge >= 0.3 is 47.8 Å². The zero-order valence-corrected chi connectivity index (χ0v) is 5.88. The fourth-order valence-electron chi connectivity index (χ4n) is 0.0636. The first kappa shape index (κ1) is 7.53. The van der Waals surface area contributed by atoms with Crippen molar-refractivity contribution in [1.82, 2.24) is 0 Å². The summed E-state index contributed by atoms with van der Waals surface area (Å²) in [6.07, 6.45) is 0. The predicted molar refractivity (Wildman–Crippen MR) is 22.7 cm³/mol. The Morgan fingerprint density at radius 2 is 2.14 bits per heavy atom. The topological polar surface area (TPSA) is 66.8 Å². The summed E-state index contributed by atoms with van der Waals surface area (Å²) in [4.78, 5) is 0. The summed E-state index contributed by atoms with van der Waals surface area (Å²) < 4.78 is 29.2. The Labute approximate surface area is 48.4 Å². The fourth-order valence-corrected chi connectivity index (χ4v) is 0.991. The van der Waals surface area contributed by atoms with Crippen molar-refractivity contribution in [1.29, 1.82) is 0 Å². The van der Waals surface area contributed by atoms with Crippen molar-refractivity contribution < 1.29 is 15.7 Å². The summed E-state index contributed by atoms with van der Waals surface area (Å²) in [6, 6.07) is -0.455. The van der Waals surface area contributed by atoms with Crippen LogP contribution in [0.5, 0.6) is 0 Å². The first-order valence-electron chi connectivity index (χ1n) is 1.32. The van der Waals surface area contributed by atoms with Crippen molar-refractivity contribution in [3.63, 3.8) is 0 Å². The second-order valence-electron chi connectivity index (χ2n) is 0.729. The van der Waals surface area contributed by atoms with Gasteiger partial charge in [-0.3, -0.25) is 0 Å². The molecule has 0 aromatic carbocycles. The van der Waals surface area contributed by atoms with Crippen molar-refractivity contribution in [2.45, 2.75) is 0 Å². The van der Waals surface area contributed by atoms with Crippen LogP contribution in [0.2, 0.25) is 0 Å². The van der Waals surface area contributed by atoms with Crippen molar-refractivity contribution >= 4 is 26.1 Å². The van der Waals surface area contributed by atoms with E-state index in [1.54, 1.807) is 0 Å². The molecule has 0 saturated heterocycles. The molecule has 0 unspecified atom stereocenters. The number of hydrogen-bond donors (Lipinski definition) is 2. The van der Waals surface area contributed by atoms with E-state index in [9.17, 15) is 3.74 Å². The van der Waals surface area contributed by atoms with Crippen molar-refractivity contribution in [3.8, 4) is 0 Å². The van der Waals surface area contributed by atoms with Gasteiger partial charge in [0.15, 0.2) is 0 Å². The minimum atomic E-state index is -4.83. The quantitative estimate of drug-likeness (QED) is 0.435. The summed E-state index contributed by atoms with van der Waals surface area (Å²) >= 11 is -0.0390. The zero-order chi connectivity index (χ0) is 5.91. The maximum atomic E-state index is 9.68. The van der Waals surface area contributed by atoms with E-state index in [4.69, 9.17) is 19.8 Å². The molecular formula is CH4AsClO4. The van der Waals surface area contributed by atoms with Gasteiger partial charge in [0, 0.05) is 0 Å². The van der Waals surface area contributed by atoms with Crippen LogP contribution in [0.25, 0.3) is 0 Å². The minimum absolute atomic E-state index is 0.455. The molecule has 0 aromatic heterocycles. The molecule has 6 heteroatoms. The molecule has 0 spiro atoms. The summed E-state index contributed by atoms with van der Waals surface area (Å²) in [5.74, 6) is 0. The van der Waals surface area contributed by atoms with Crippen LogP contribution >= 0.6 is 11.6 Å². The van der Waals surface area contributed by atoms with Crippen LogP contribution in [-0.2, 0) is 7.47 Å².